The Morgan fingerprint density at radius 2 is 2.21 bits per heavy atom. The first-order valence-electron chi connectivity index (χ1n) is 7.73. The second-order valence-electron chi connectivity index (χ2n) is 5.56. The molecule has 120 valence electrons. The SMILES string of the molecule is CCc1c(C)nc2c(-n3cnc(-c4cccnc4)c3)c[nH]n2c1=O. The predicted octanol–water partition coefficient (Wildman–Crippen LogP) is 2.14. The number of hydrogen-bond acceptors (Lipinski definition) is 4. The molecule has 0 radical (unpaired) electrons. The highest BCUT2D eigenvalue weighted by atomic mass is 16.1. The molecule has 0 spiro atoms. The van der Waals surface area contributed by atoms with E-state index in [0.29, 0.717) is 12.1 Å². The smallest absolute Gasteiger partial charge is 0.276 e. The minimum absolute atomic E-state index is 0.0566. The van der Waals surface area contributed by atoms with Crippen LogP contribution in [0.1, 0.15) is 18.2 Å². The van der Waals surface area contributed by atoms with Gasteiger partial charge in [-0.25, -0.2) is 9.97 Å². The van der Waals surface area contributed by atoms with E-state index in [0.717, 1.165) is 28.2 Å². The predicted molar refractivity (Wildman–Crippen MR) is 90.3 cm³/mol. The van der Waals surface area contributed by atoms with E-state index >= 15 is 0 Å². The first-order valence-corrected chi connectivity index (χ1v) is 7.73. The maximum atomic E-state index is 12.5. The normalized spacial score (nSPS) is 11.2. The number of hydrogen-bond donors (Lipinski definition) is 1. The first-order chi connectivity index (χ1) is 11.7. The van der Waals surface area contributed by atoms with E-state index in [9.17, 15) is 4.79 Å². The van der Waals surface area contributed by atoms with Gasteiger partial charge in [0, 0.05) is 41.6 Å². The number of imidazole rings is 1. The fourth-order valence-electron chi connectivity index (χ4n) is 2.86. The number of aromatic amines is 1. The highest BCUT2D eigenvalue weighted by molar-refractivity contribution is 5.62. The summed E-state index contributed by atoms with van der Waals surface area (Å²) in [6.45, 7) is 3.82. The van der Waals surface area contributed by atoms with Crippen LogP contribution in [-0.2, 0) is 6.42 Å². The standard InChI is InChI=1S/C17H16N6O/c1-3-13-11(2)21-16-15(8-20-23(16)17(13)24)22-9-14(19-10-22)12-5-4-6-18-7-12/h4-10,20H,3H2,1-2H3. The van der Waals surface area contributed by atoms with Crippen molar-refractivity contribution in [2.24, 2.45) is 0 Å². The van der Waals surface area contributed by atoms with Crippen LogP contribution in [0.25, 0.3) is 22.6 Å². The summed E-state index contributed by atoms with van der Waals surface area (Å²) in [5.41, 5.74) is 4.54. The average molecular weight is 320 g/mol. The lowest BCUT2D eigenvalue weighted by Gasteiger charge is -2.04. The lowest BCUT2D eigenvalue weighted by molar-refractivity contribution is 0.853. The molecule has 7 nitrogen and oxygen atoms in total. The van der Waals surface area contributed by atoms with Crippen LogP contribution in [-0.4, -0.2) is 29.1 Å². The number of nitrogens with zero attached hydrogens (tertiary/aromatic N) is 5. The zero-order valence-electron chi connectivity index (χ0n) is 13.4. The second-order valence-corrected chi connectivity index (χ2v) is 5.56. The Kier molecular flexibility index (Phi) is 3.26. The molecule has 0 aliphatic rings. The van der Waals surface area contributed by atoms with Crippen LogP contribution in [0, 0.1) is 6.92 Å². The van der Waals surface area contributed by atoms with Crippen molar-refractivity contribution in [3.8, 4) is 16.9 Å². The molecule has 0 atom stereocenters. The van der Waals surface area contributed by atoms with Gasteiger partial charge in [-0.05, 0) is 25.5 Å². The van der Waals surface area contributed by atoms with E-state index in [1.807, 2.05) is 36.7 Å². The third-order valence-electron chi connectivity index (χ3n) is 4.11. The Hall–Kier alpha value is -3.22. The van der Waals surface area contributed by atoms with Crippen LogP contribution in [0.2, 0.25) is 0 Å². The molecular weight excluding hydrogens is 304 g/mol. The zero-order chi connectivity index (χ0) is 16.7. The quantitative estimate of drug-likeness (QED) is 0.627. The number of aryl methyl sites for hydroxylation is 1. The fraction of sp³-hybridized carbons (Fsp3) is 0.176. The number of aromatic nitrogens is 6. The molecule has 7 heteroatoms. The van der Waals surface area contributed by atoms with Crippen molar-refractivity contribution in [3.63, 3.8) is 0 Å². The summed E-state index contributed by atoms with van der Waals surface area (Å²) in [6.07, 6.45) is 9.52. The molecule has 1 N–H and O–H groups in total. The van der Waals surface area contributed by atoms with Crippen molar-refractivity contribution in [3.05, 3.63) is 64.9 Å². The van der Waals surface area contributed by atoms with Gasteiger partial charge in [0.25, 0.3) is 5.56 Å². The highest BCUT2D eigenvalue weighted by Crippen LogP contribution is 2.19. The van der Waals surface area contributed by atoms with Crippen molar-refractivity contribution >= 4 is 5.65 Å². The molecule has 0 amide bonds. The molecule has 0 unspecified atom stereocenters. The van der Waals surface area contributed by atoms with Crippen molar-refractivity contribution in [1.82, 2.24) is 29.1 Å². The topological polar surface area (TPSA) is 80.9 Å². The Bertz CT molecular complexity index is 1070. The molecule has 0 aromatic carbocycles. The van der Waals surface area contributed by atoms with Crippen molar-refractivity contribution in [1.29, 1.82) is 0 Å². The number of rotatable bonds is 3. The molecule has 0 saturated carbocycles. The van der Waals surface area contributed by atoms with Gasteiger partial charge in [0.15, 0.2) is 5.65 Å². The molecule has 0 fully saturated rings. The molecule has 24 heavy (non-hydrogen) atoms. The van der Waals surface area contributed by atoms with Gasteiger partial charge in [0.05, 0.1) is 5.69 Å². The van der Waals surface area contributed by atoms with Gasteiger partial charge in [-0.3, -0.25) is 14.9 Å². The Morgan fingerprint density at radius 1 is 1.33 bits per heavy atom. The molecule has 0 bridgehead atoms. The maximum absolute atomic E-state index is 12.5. The summed E-state index contributed by atoms with van der Waals surface area (Å²) < 4.78 is 3.33. The van der Waals surface area contributed by atoms with Crippen LogP contribution in [0.15, 0.2) is 48.0 Å². The Morgan fingerprint density at radius 3 is 2.96 bits per heavy atom. The second kappa shape index (κ2) is 5.45. The van der Waals surface area contributed by atoms with E-state index in [1.54, 1.807) is 24.9 Å². The molecule has 4 heterocycles. The van der Waals surface area contributed by atoms with Gasteiger partial charge in [-0.2, -0.15) is 4.52 Å². The molecular formula is C17H16N6O. The lowest BCUT2D eigenvalue weighted by Crippen LogP contribution is -2.21. The van der Waals surface area contributed by atoms with Crippen LogP contribution in [0.5, 0.6) is 0 Å². The summed E-state index contributed by atoms with van der Waals surface area (Å²) in [5, 5.41) is 2.99. The van der Waals surface area contributed by atoms with E-state index in [4.69, 9.17) is 0 Å². The molecule has 4 aromatic heterocycles. The van der Waals surface area contributed by atoms with Gasteiger partial charge < -0.3 is 4.57 Å². The highest BCUT2D eigenvalue weighted by Gasteiger charge is 2.14. The van der Waals surface area contributed by atoms with Crippen LogP contribution in [0.4, 0.5) is 0 Å². The number of pyridine rings is 1. The van der Waals surface area contributed by atoms with Gasteiger partial charge in [-0.1, -0.05) is 6.92 Å². The van der Waals surface area contributed by atoms with Crippen molar-refractivity contribution in [2.75, 3.05) is 0 Å². The minimum atomic E-state index is -0.0566. The molecule has 4 aromatic rings. The number of nitrogens with one attached hydrogen (secondary N) is 1. The minimum Gasteiger partial charge on any atom is -0.301 e. The molecule has 0 aliphatic heterocycles. The Balaban J connectivity index is 1.86. The molecule has 0 aliphatic carbocycles. The van der Waals surface area contributed by atoms with Gasteiger partial charge in [0.2, 0.25) is 0 Å². The fourth-order valence-corrected chi connectivity index (χ4v) is 2.86. The summed E-state index contributed by atoms with van der Waals surface area (Å²) in [4.78, 5) is 25.6. The monoisotopic (exact) mass is 320 g/mol. The van der Waals surface area contributed by atoms with E-state index < -0.39 is 0 Å². The number of H-pyrrole nitrogens is 1. The summed E-state index contributed by atoms with van der Waals surface area (Å²) in [6, 6.07) is 3.83. The third kappa shape index (κ3) is 2.13. The first kappa shape index (κ1) is 14.4. The summed E-state index contributed by atoms with van der Waals surface area (Å²) >= 11 is 0. The van der Waals surface area contributed by atoms with E-state index in [1.165, 1.54) is 4.52 Å². The van der Waals surface area contributed by atoms with Gasteiger partial charge in [-0.15, -0.1) is 0 Å². The summed E-state index contributed by atoms with van der Waals surface area (Å²) in [5.74, 6) is 0. The average Bonchev–Trinajstić information content (AvgIpc) is 3.22. The lowest BCUT2D eigenvalue weighted by atomic mass is 10.2. The van der Waals surface area contributed by atoms with Crippen molar-refractivity contribution in [2.45, 2.75) is 20.3 Å². The van der Waals surface area contributed by atoms with E-state index in [2.05, 4.69) is 20.1 Å². The number of fused-ring (bicyclic) bond motifs is 1. The zero-order valence-corrected chi connectivity index (χ0v) is 13.4. The van der Waals surface area contributed by atoms with Gasteiger partial charge in [0.1, 0.15) is 12.0 Å². The van der Waals surface area contributed by atoms with Crippen LogP contribution < -0.4 is 5.56 Å². The van der Waals surface area contributed by atoms with Crippen LogP contribution >= 0.6 is 0 Å². The Labute approximate surface area is 137 Å². The van der Waals surface area contributed by atoms with Crippen molar-refractivity contribution < 1.29 is 0 Å². The van der Waals surface area contributed by atoms with Crippen LogP contribution in [0.3, 0.4) is 0 Å². The largest absolute Gasteiger partial charge is 0.301 e. The van der Waals surface area contributed by atoms with Gasteiger partial charge >= 0.3 is 0 Å². The maximum Gasteiger partial charge on any atom is 0.276 e. The molecule has 0 saturated heterocycles. The van der Waals surface area contributed by atoms with E-state index in [-0.39, 0.29) is 5.56 Å². The molecule has 4 rings (SSSR count). The third-order valence-corrected chi connectivity index (χ3v) is 4.11. The summed E-state index contributed by atoms with van der Waals surface area (Å²) in [7, 11) is 0.